The lowest BCUT2D eigenvalue weighted by atomic mass is 10.2. The zero-order valence-electron chi connectivity index (χ0n) is 20.6. The second-order valence-corrected chi connectivity index (χ2v) is 12.0. The van der Waals surface area contributed by atoms with E-state index in [9.17, 15) is 9.69 Å². The minimum Gasteiger partial charge on any atom is -0.493 e. The highest BCUT2D eigenvalue weighted by atomic mass is 32.5. The molecular weight excluding hydrogens is 465 g/mol. The predicted molar refractivity (Wildman–Crippen MR) is 133 cm³/mol. The van der Waals surface area contributed by atoms with Gasteiger partial charge in [-0.15, -0.1) is 0 Å². The van der Waals surface area contributed by atoms with Gasteiger partial charge >= 0.3 is 12.7 Å². The van der Waals surface area contributed by atoms with Crippen molar-refractivity contribution in [3.8, 4) is 11.5 Å². The van der Waals surface area contributed by atoms with Gasteiger partial charge in [0.2, 0.25) is 0 Å². The molecule has 0 aromatic heterocycles. The Labute approximate surface area is 203 Å². The van der Waals surface area contributed by atoms with Crippen LogP contribution < -0.4 is 9.47 Å². The van der Waals surface area contributed by atoms with E-state index in [1.54, 1.807) is 0 Å². The van der Waals surface area contributed by atoms with Gasteiger partial charge < -0.3 is 28.5 Å². The number of aliphatic carboxylic acids is 1. The molecule has 0 spiro atoms. The first-order chi connectivity index (χ1) is 15.4. The first-order valence-electron chi connectivity index (χ1n) is 11.5. The summed E-state index contributed by atoms with van der Waals surface area (Å²) in [5.41, 5.74) is 1.07. The van der Waals surface area contributed by atoms with Crippen molar-refractivity contribution in [2.75, 3.05) is 47.5 Å². The molecule has 1 aromatic rings. The zero-order valence-corrected chi connectivity index (χ0v) is 22.3. The maximum Gasteiger partial charge on any atom is 0.325 e. The molecule has 0 heterocycles. The number of hydrogen-bond acceptors (Lipinski definition) is 6. The molecule has 33 heavy (non-hydrogen) atoms. The Balaban J connectivity index is 2.39. The second kappa shape index (κ2) is 14.9. The van der Waals surface area contributed by atoms with Gasteiger partial charge in [-0.2, -0.15) is 0 Å². The van der Waals surface area contributed by atoms with Gasteiger partial charge in [-0.05, 0) is 55.7 Å². The molecule has 0 bridgehead atoms. The lowest BCUT2D eigenvalue weighted by molar-refractivity contribution is -0.873. The molecule has 10 heteroatoms. The second-order valence-electron chi connectivity index (χ2n) is 9.19. The molecule has 0 saturated heterocycles. The highest BCUT2D eigenvalue weighted by Crippen LogP contribution is 2.45. The molecule has 0 aliphatic carbocycles. The molecule has 2 atom stereocenters. The van der Waals surface area contributed by atoms with Gasteiger partial charge in [-0.25, -0.2) is 0 Å². The molecule has 2 N–H and O–H groups in total. The third kappa shape index (κ3) is 15.3. The van der Waals surface area contributed by atoms with Crippen molar-refractivity contribution in [2.45, 2.75) is 58.5 Å². The molecule has 0 aliphatic heterocycles. The molecule has 0 radical (unpaired) electrons. The van der Waals surface area contributed by atoms with Gasteiger partial charge in [0.1, 0.15) is 24.1 Å². The van der Waals surface area contributed by atoms with Crippen molar-refractivity contribution in [2.24, 2.45) is 0 Å². The normalized spacial score (nSPS) is 14.5. The maximum absolute atomic E-state index is 11.1. The van der Waals surface area contributed by atoms with E-state index in [4.69, 9.17) is 35.4 Å². The fourth-order valence-corrected chi connectivity index (χ4v) is 4.68. The maximum atomic E-state index is 11.1. The minimum atomic E-state index is -3.52. The Morgan fingerprint density at radius 1 is 1.03 bits per heavy atom. The summed E-state index contributed by atoms with van der Waals surface area (Å²) in [5, 5.41) is 9.09. The van der Waals surface area contributed by atoms with Crippen molar-refractivity contribution in [1.29, 1.82) is 0 Å². The number of hydrogen-bond donors (Lipinski definition) is 2. The molecule has 1 unspecified atom stereocenters. The SMILES string of the molecule is CCCCCOc1cc(C)cc(OCCCCOP(O)(=S)O[C@H](CC(=O)O)C[N+](C)(C)C)c1. The topological polar surface area (TPSA) is 94.5 Å². The van der Waals surface area contributed by atoms with Crippen LogP contribution in [0.2, 0.25) is 0 Å². The van der Waals surface area contributed by atoms with E-state index in [-0.39, 0.29) is 13.0 Å². The molecule has 0 aliphatic rings. The lowest BCUT2D eigenvalue weighted by Crippen LogP contribution is -2.42. The van der Waals surface area contributed by atoms with E-state index in [1.165, 1.54) is 0 Å². The molecule has 8 nitrogen and oxygen atoms in total. The number of nitrogens with zero attached hydrogens (tertiary/aromatic N) is 1. The van der Waals surface area contributed by atoms with E-state index in [2.05, 4.69) is 6.92 Å². The van der Waals surface area contributed by atoms with Crippen LogP contribution in [0.5, 0.6) is 11.5 Å². The highest BCUT2D eigenvalue weighted by molar-refractivity contribution is 8.07. The molecule has 0 saturated carbocycles. The van der Waals surface area contributed by atoms with Crippen LogP contribution >= 0.6 is 6.72 Å². The third-order valence-corrected chi connectivity index (χ3v) is 6.19. The van der Waals surface area contributed by atoms with Gasteiger partial charge in [0.05, 0.1) is 47.4 Å². The lowest BCUT2D eigenvalue weighted by Gasteiger charge is -2.30. The monoisotopic (exact) mass is 506 g/mol. The molecule has 190 valence electrons. The Bertz CT molecular complexity index is 770. The van der Waals surface area contributed by atoms with Crippen LogP contribution in [0.15, 0.2) is 18.2 Å². The van der Waals surface area contributed by atoms with Crippen molar-refractivity contribution in [3.05, 3.63) is 23.8 Å². The molecular formula is C23H41NO7PS+. The third-order valence-electron chi connectivity index (χ3n) is 4.54. The van der Waals surface area contributed by atoms with E-state index in [1.807, 2.05) is 46.3 Å². The fraction of sp³-hybridized carbons (Fsp3) is 0.696. The van der Waals surface area contributed by atoms with E-state index < -0.39 is 18.8 Å². The molecule has 0 fully saturated rings. The summed E-state index contributed by atoms with van der Waals surface area (Å²) < 4.78 is 23.0. The van der Waals surface area contributed by atoms with Crippen LogP contribution in [-0.4, -0.2) is 74.1 Å². The Kier molecular flexibility index (Phi) is 13.5. The summed E-state index contributed by atoms with van der Waals surface area (Å²) in [6.07, 6.45) is 3.70. The van der Waals surface area contributed by atoms with Crippen LogP contribution in [-0.2, 0) is 25.6 Å². The number of aryl methyl sites for hydroxylation is 1. The number of ether oxygens (including phenoxy) is 2. The van der Waals surface area contributed by atoms with Gasteiger partial charge in [0.15, 0.2) is 0 Å². The Hall–Kier alpha value is -1.22. The summed E-state index contributed by atoms with van der Waals surface area (Å²) in [4.78, 5) is 21.4. The van der Waals surface area contributed by atoms with Crippen molar-refractivity contribution < 1.29 is 37.8 Å². The number of rotatable bonds is 18. The van der Waals surface area contributed by atoms with Crippen LogP contribution in [0, 0.1) is 6.92 Å². The Morgan fingerprint density at radius 3 is 2.09 bits per heavy atom. The van der Waals surface area contributed by atoms with Crippen molar-refractivity contribution in [1.82, 2.24) is 0 Å². The number of carboxylic acid groups (broad SMARTS) is 1. The number of unbranched alkanes of at least 4 members (excludes halogenated alkanes) is 3. The van der Waals surface area contributed by atoms with E-state index >= 15 is 0 Å². The van der Waals surface area contributed by atoms with Crippen molar-refractivity contribution >= 4 is 24.5 Å². The van der Waals surface area contributed by atoms with Crippen LogP contribution in [0.4, 0.5) is 0 Å². The molecule has 1 rings (SSSR count). The van der Waals surface area contributed by atoms with E-state index in [0.717, 1.165) is 36.3 Å². The smallest absolute Gasteiger partial charge is 0.325 e. The number of carbonyl (C=O) groups is 1. The summed E-state index contributed by atoms with van der Waals surface area (Å²) >= 11 is 5.07. The quantitative estimate of drug-likeness (QED) is 0.171. The number of carboxylic acids is 1. The van der Waals surface area contributed by atoms with Crippen LogP contribution in [0.3, 0.4) is 0 Å². The first-order valence-corrected chi connectivity index (χ1v) is 14.0. The number of quaternary nitrogens is 1. The summed E-state index contributed by atoms with van der Waals surface area (Å²) in [7, 11) is 5.74. The standard InChI is InChI=1S/C23H40NO7PS/c1-6-7-8-11-28-20-14-19(2)15-21(16-20)29-12-9-10-13-30-32(27,33)31-22(17-23(25)26)18-24(3,4)5/h14-16,22H,6-13,17-18H2,1-5H3,(H-,25,26,27,33)/p+1/t22-,32?/m1/s1. The van der Waals surface area contributed by atoms with Crippen LogP contribution in [0.1, 0.15) is 51.0 Å². The number of benzene rings is 1. The molecule has 1 aromatic carbocycles. The summed E-state index contributed by atoms with van der Waals surface area (Å²) in [6.45, 7) is 2.43. The average Bonchev–Trinajstić information content (AvgIpc) is 2.65. The summed E-state index contributed by atoms with van der Waals surface area (Å²) in [5.74, 6) is 0.562. The fourth-order valence-electron chi connectivity index (χ4n) is 3.16. The van der Waals surface area contributed by atoms with E-state index in [0.29, 0.717) is 37.1 Å². The van der Waals surface area contributed by atoms with Gasteiger partial charge in [-0.1, -0.05) is 19.8 Å². The highest BCUT2D eigenvalue weighted by Gasteiger charge is 2.28. The molecule has 0 amide bonds. The Morgan fingerprint density at radius 2 is 1.58 bits per heavy atom. The van der Waals surface area contributed by atoms with Crippen molar-refractivity contribution in [3.63, 3.8) is 0 Å². The van der Waals surface area contributed by atoms with Gasteiger partial charge in [0.25, 0.3) is 0 Å². The average molecular weight is 507 g/mol. The van der Waals surface area contributed by atoms with Gasteiger partial charge in [-0.3, -0.25) is 9.32 Å². The largest absolute Gasteiger partial charge is 0.493 e. The minimum absolute atomic E-state index is 0.209. The zero-order chi connectivity index (χ0) is 24.9. The van der Waals surface area contributed by atoms with Gasteiger partial charge in [0, 0.05) is 6.07 Å². The summed E-state index contributed by atoms with van der Waals surface area (Å²) in [6, 6.07) is 5.86. The number of likely N-dealkylation sites (N-methyl/N-ethyl adjacent to an activating group) is 1. The van der Waals surface area contributed by atoms with Crippen LogP contribution in [0.25, 0.3) is 0 Å². The first kappa shape index (κ1) is 29.8. The predicted octanol–water partition coefficient (Wildman–Crippen LogP) is 4.52.